The molecule has 0 atom stereocenters. The quantitative estimate of drug-likeness (QED) is 0.843. The second kappa shape index (κ2) is 6.59. The summed E-state index contributed by atoms with van der Waals surface area (Å²) in [5.41, 5.74) is 0.612. The van der Waals surface area contributed by atoms with Gasteiger partial charge in [-0.25, -0.2) is 0 Å². The average molecular weight is 250 g/mol. The van der Waals surface area contributed by atoms with Crippen LogP contribution in [0.1, 0.15) is 49.4 Å². The smallest absolute Gasteiger partial charge is 0.254 e. The maximum Gasteiger partial charge on any atom is 0.254 e. The molecule has 1 amide bonds. The van der Waals surface area contributed by atoms with Crippen molar-refractivity contribution in [3.05, 3.63) is 24.2 Å². The van der Waals surface area contributed by atoms with Crippen LogP contribution in [0.2, 0.25) is 0 Å². The lowest BCUT2D eigenvalue weighted by Gasteiger charge is -2.29. The Bertz CT molecular complexity index is 354. The fourth-order valence-electron chi connectivity index (χ4n) is 2.45. The molecule has 1 fully saturated rings. The van der Waals surface area contributed by atoms with Crippen LogP contribution in [0.5, 0.6) is 0 Å². The van der Waals surface area contributed by atoms with Crippen molar-refractivity contribution < 1.29 is 9.21 Å². The van der Waals surface area contributed by atoms with E-state index < -0.39 is 0 Å². The predicted molar refractivity (Wildman–Crippen MR) is 70.5 cm³/mol. The van der Waals surface area contributed by atoms with Gasteiger partial charge in [0.25, 0.3) is 5.91 Å². The first-order chi connectivity index (χ1) is 8.79. The predicted octanol–water partition coefficient (Wildman–Crippen LogP) is 2.32. The lowest BCUT2D eigenvalue weighted by Crippen LogP contribution is -2.42. The Morgan fingerprint density at radius 2 is 2.06 bits per heavy atom. The Hall–Kier alpha value is -1.29. The Morgan fingerprint density at radius 3 is 2.67 bits per heavy atom. The van der Waals surface area contributed by atoms with Crippen LogP contribution in [-0.2, 0) is 0 Å². The van der Waals surface area contributed by atoms with Gasteiger partial charge in [-0.1, -0.05) is 6.92 Å². The highest BCUT2D eigenvalue weighted by atomic mass is 16.3. The van der Waals surface area contributed by atoms with Crippen molar-refractivity contribution in [2.24, 2.45) is 0 Å². The van der Waals surface area contributed by atoms with E-state index in [2.05, 4.69) is 17.6 Å². The summed E-state index contributed by atoms with van der Waals surface area (Å²) in [6, 6.07) is 2.64. The molecule has 1 aliphatic rings. The molecule has 0 bridgehead atoms. The Labute approximate surface area is 108 Å². The molecule has 1 aliphatic carbocycles. The molecule has 0 unspecified atom stereocenters. The molecular weight excluding hydrogens is 228 g/mol. The lowest BCUT2D eigenvalue weighted by atomic mass is 9.91. The number of hydrogen-bond donors (Lipinski definition) is 2. The second-order valence-corrected chi connectivity index (χ2v) is 4.99. The molecule has 0 aliphatic heterocycles. The molecule has 4 nitrogen and oxygen atoms in total. The van der Waals surface area contributed by atoms with Gasteiger partial charge >= 0.3 is 0 Å². The van der Waals surface area contributed by atoms with E-state index in [0.717, 1.165) is 32.2 Å². The number of nitrogens with one attached hydrogen (secondary N) is 2. The largest absolute Gasteiger partial charge is 0.472 e. The van der Waals surface area contributed by atoms with Crippen molar-refractivity contribution >= 4 is 5.91 Å². The molecule has 100 valence electrons. The van der Waals surface area contributed by atoms with Crippen molar-refractivity contribution in [2.45, 2.75) is 51.1 Å². The van der Waals surface area contributed by atoms with Crippen molar-refractivity contribution in [1.82, 2.24) is 10.6 Å². The van der Waals surface area contributed by atoms with E-state index in [1.54, 1.807) is 6.07 Å². The van der Waals surface area contributed by atoms with Gasteiger partial charge in [-0.15, -0.1) is 0 Å². The maximum absolute atomic E-state index is 11.8. The highest BCUT2D eigenvalue weighted by molar-refractivity contribution is 5.93. The summed E-state index contributed by atoms with van der Waals surface area (Å²) in [5.74, 6) is -0.0197. The van der Waals surface area contributed by atoms with Crippen molar-refractivity contribution in [2.75, 3.05) is 6.54 Å². The maximum atomic E-state index is 11.8. The van der Waals surface area contributed by atoms with E-state index in [4.69, 9.17) is 4.42 Å². The average Bonchev–Trinajstić information content (AvgIpc) is 2.92. The minimum atomic E-state index is -0.0197. The molecular formula is C14H22N2O2. The number of amides is 1. The van der Waals surface area contributed by atoms with Crippen molar-refractivity contribution in [1.29, 1.82) is 0 Å². The van der Waals surface area contributed by atoms with Crippen LogP contribution in [0.15, 0.2) is 23.0 Å². The van der Waals surface area contributed by atoms with Gasteiger partial charge in [-0.2, -0.15) is 0 Å². The van der Waals surface area contributed by atoms with Crippen LogP contribution in [-0.4, -0.2) is 24.5 Å². The first-order valence-corrected chi connectivity index (χ1v) is 6.86. The molecule has 0 radical (unpaired) electrons. The van der Waals surface area contributed by atoms with E-state index >= 15 is 0 Å². The zero-order chi connectivity index (χ0) is 12.8. The minimum Gasteiger partial charge on any atom is -0.472 e. The Kier molecular flexibility index (Phi) is 4.81. The Morgan fingerprint density at radius 1 is 1.33 bits per heavy atom. The lowest BCUT2D eigenvalue weighted by molar-refractivity contribution is 0.0923. The van der Waals surface area contributed by atoms with Crippen LogP contribution < -0.4 is 10.6 Å². The number of rotatable bonds is 5. The normalized spacial score (nSPS) is 23.8. The summed E-state index contributed by atoms with van der Waals surface area (Å²) < 4.78 is 4.92. The summed E-state index contributed by atoms with van der Waals surface area (Å²) in [4.78, 5) is 11.8. The minimum absolute atomic E-state index is 0.0197. The van der Waals surface area contributed by atoms with E-state index in [-0.39, 0.29) is 5.91 Å². The highest BCUT2D eigenvalue weighted by Gasteiger charge is 2.22. The summed E-state index contributed by atoms with van der Waals surface area (Å²) in [5, 5.41) is 6.62. The molecule has 1 aromatic rings. The molecule has 4 heteroatoms. The monoisotopic (exact) mass is 250 g/mol. The third-order valence-corrected chi connectivity index (χ3v) is 3.53. The van der Waals surface area contributed by atoms with E-state index in [1.165, 1.54) is 18.9 Å². The van der Waals surface area contributed by atoms with Crippen molar-refractivity contribution in [3.63, 3.8) is 0 Å². The topological polar surface area (TPSA) is 54.3 Å². The SMILES string of the molecule is CCCNC1CCC(NC(=O)c2ccoc2)CC1. The van der Waals surface area contributed by atoms with E-state index in [1.807, 2.05) is 0 Å². The fourth-order valence-corrected chi connectivity index (χ4v) is 2.45. The van der Waals surface area contributed by atoms with Gasteiger partial charge in [-0.05, 0) is 44.7 Å². The zero-order valence-corrected chi connectivity index (χ0v) is 10.9. The van der Waals surface area contributed by atoms with Crippen LogP contribution in [0.3, 0.4) is 0 Å². The molecule has 2 rings (SSSR count). The molecule has 1 heterocycles. The molecule has 0 aromatic carbocycles. The van der Waals surface area contributed by atoms with Crippen molar-refractivity contribution in [3.8, 4) is 0 Å². The van der Waals surface area contributed by atoms with Crippen LogP contribution in [0.25, 0.3) is 0 Å². The second-order valence-electron chi connectivity index (χ2n) is 4.99. The fraction of sp³-hybridized carbons (Fsp3) is 0.643. The van der Waals surface area contributed by atoms with Gasteiger partial charge in [-0.3, -0.25) is 4.79 Å². The standard InChI is InChI=1S/C14H22N2O2/c1-2-8-15-12-3-5-13(6-4-12)16-14(17)11-7-9-18-10-11/h7,9-10,12-13,15H,2-6,8H2,1H3,(H,16,17). The Balaban J connectivity index is 1.72. The molecule has 0 saturated heterocycles. The number of carbonyl (C=O) groups excluding carboxylic acids is 1. The summed E-state index contributed by atoms with van der Waals surface area (Å²) >= 11 is 0. The number of hydrogen-bond acceptors (Lipinski definition) is 3. The summed E-state index contributed by atoms with van der Waals surface area (Å²) in [6.45, 7) is 3.28. The van der Waals surface area contributed by atoms with Crippen LogP contribution in [0, 0.1) is 0 Å². The zero-order valence-electron chi connectivity index (χ0n) is 10.9. The van der Waals surface area contributed by atoms with Gasteiger partial charge in [0.05, 0.1) is 11.8 Å². The molecule has 18 heavy (non-hydrogen) atoms. The van der Waals surface area contributed by atoms with Crippen LogP contribution >= 0.6 is 0 Å². The number of carbonyl (C=O) groups is 1. The van der Waals surface area contributed by atoms with Gasteiger partial charge in [0.2, 0.25) is 0 Å². The summed E-state index contributed by atoms with van der Waals surface area (Å²) in [6.07, 6.45) is 8.62. The molecule has 2 N–H and O–H groups in total. The number of furan rings is 1. The van der Waals surface area contributed by atoms with Crippen LogP contribution in [0.4, 0.5) is 0 Å². The third kappa shape index (κ3) is 3.60. The van der Waals surface area contributed by atoms with E-state index in [9.17, 15) is 4.79 Å². The highest BCUT2D eigenvalue weighted by Crippen LogP contribution is 2.19. The first kappa shape index (κ1) is 13.1. The third-order valence-electron chi connectivity index (χ3n) is 3.53. The van der Waals surface area contributed by atoms with Gasteiger partial charge in [0, 0.05) is 12.1 Å². The van der Waals surface area contributed by atoms with Gasteiger partial charge in [0.1, 0.15) is 6.26 Å². The van der Waals surface area contributed by atoms with Gasteiger partial charge in [0.15, 0.2) is 0 Å². The molecule has 0 spiro atoms. The molecule has 1 aromatic heterocycles. The summed E-state index contributed by atoms with van der Waals surface area (Å²) in [7, 11) is 0. The molecule has 1 saturated carbocycles. The first-order valence-electron chi connectivity index (χ1n) is 6.86. The van der Waals surface area contributed by atoms with E-state index in [0.29, 0.717) is 17.6 Å². The van der Waals surface area contributed by atoms with Gasteiger partial charge < -0.3 is 15.1 Å².